The van der Waals surface area contributed by atoms with E-state index in [1.54, 1.807) is 11.3 Å². The Hall–Kier alpha value is -2.19. The molecule has 0 aliphatic carbocycles. The highest BCUT2D eigenvalue weighted by Crippen LogP contribution is 2.16. The summed E-state index contributed by atoms with van der Waals surface area (Å²) in [4.78, 5) is 12.9. The zero-order valence-electron chi connectivity index (χ0n) is 10.7. The quantitative estimate of drug-likeness (QED) is 0.911. The topological polar surface area (TPSA) is 52.9 Å². The molecule has 0 unspecified atom stereocenters. The summed E-state index contributed by atoms with van der Waals surface area (Å²) in [6.07, 6.45) is 1.92. The van der Waals surface area contributed by atoms with Crippen LogP contribution in [0.15, 0.2) is 35.7 Å². The summed E-state index contributed by atoms with van der Waals surface area (Å²) in [5.74, 6) is -0.805. The molecule has 0 saturated heterocycles. The van der Waals surface area contributed by atoms with Crippen LogP contribution in [0.5, 0.6) is 0 Å². The molecular formula is C15H13FN2OS. The average molecular weight is 288 g/mol. The third-order valence-corrected chi connectivity index (χ3v) is 3.72. The van der Waals surface area contributed by atoms with Crippen molar-refractivity contribution in [1.29, 1.82) is 5.26 Å². The van der Waals surface area contributed by atoms with Crippen LogP contribution < -0.4 is 5.32 Å². The summed E-state index contributed by atoms with van der Waals surface area (Å²) < 4.78 is 13.6. The Morgan fingerprint density at radius 2 is 2.25 bits per heavy atom. The fourth-order valence-corrected chi connectivity index (χ4v) is 2.53. The molecule has 0 atom stereocenters. The molecule has 2 rings (SSSR count). The van der Waals surface area contributed by atoms with Crippen molar-refractivity contribution in [3.8, 4) is 6.07 Å². The lowest BCUT2D eigenvalue weighted by Crippen LogP contribution is -2.12. The van der Waals surface area contributed by atoms with Gasteiger partial charge in [0.05, 0.1) is 17.3 Å². The standard InChI is InChI=1S/C15H13FN2OS/c16-13-9-11(10-17)6-7-14(13)18-15(19)5-1-3-12-4-2-8-20-12/h2,4,6-9H,1,3,5H2,(H,18,19). The molecule has 102 valence electrons. The summed E-state index contributed by atoms with van der Waals surface area (Å²) in [5.41, 5.74) is 0.350. The highest BCUT2D eigenvalue weighted by Gasteiger charge is 2.08. The van der Waals surface area contributed by atoms with Gasteiger partial charge < -0.3 is 5.32 Å². The van der Waals surface area contributed by atoms with Crippen LogP contribution in [0.2, 0.25) is 0 Å². The predicted octanol–water partition coefficient (Wildman–Crippen LogP) is 3.72. The third kappa shape index (κ3) is 3.90. The van der Waals surface area contributed by atoms with Crippen LogP contribution >= 0.6 is 11.3 Å². The van der Waals surface area contributed by atoms with Gasteiger partial charge in [0.1, 0.15) is 5.82 Å². The molecule has 0 saturated carbocycles. The molecule has 1 amide bonds. The van der Waals surface area contributed by atoms with Gasteiger partial charge in [-0.1, -0.05) is 6.07 Å². The first kappa shape index (κ1) is 14.2. The maximum absolute atomic E-state index is 13.6. The van der Waals surface area contributed by atoms with Crippen LogP contribution in [0.1, 0.15) is 23.3 Å². The number of nitrogens with zero attached hydrogens (tertiary/aromatic N) is 1. The summed E-state index contributed by atoms with van der Waals surface area (Å²) in [7, 11) is 0. The minimum absolute atomic E-state index is 0.116. The number of carbonyl (C=O) groups excluding carboxylic acids is 1. The van der Waals surface area contributed by atoms with Crippen LogP contribution in [0.3, 0.4) is 0 Å². The van der Waals surface area contributed by atoms with Crippen molar-refractivity contribution in [1.82, 2.24) is 0 Å². The number of hydrogen-bond donors (Lipinski definition) is 1. The van der Waals surface area contributed by atoms with Gasteiger partial charge >= 0.3 is 0 Å². The summed E-state index contributed by atoms with van der Waals surface area (Å²) in [6, 6.07) is 9.85. The highest BCUT2D eigenvalue weighted by atomic mass is 32.1. The molecule has 20 heavy (non-hydrogen) atoms. The number of benzene rings is 1. The molecule has 1 aromatic heterocycles. The van der Waals surface area contributed by atoms with E-state index in [0.29, 0.717) is 6.42 Å². The van der Waals surface area contributed by atoms with E-state index in [2.05, 4.69) is 5.32 Å². The summed E-state index contributed by atoms with van der Waals surface area (Å²) >= 11 is 1.66. The maximum Gasteiger partial charge on any atom is 0.224 e. The number of nitrogens with one attached hydrogen (secondary N) is 1. The molecular weight excluding hydrogens is 275 g/mol. The van der Waals surface area contributed by atoms with E-state index in [4.69, 9.17) is 5.26 Å². The normalized spacial score (nSPS) is 10.0. The molecule has 0 aliphatic rings. The molecule has 1 heterocycles. The van der Waals surface area contributed by atoms with Crippen molar-refractivity contribution in [2.24, 2.45) is 0 Å². The minimum Gasteiger partial charge on any atom is -0.324 e. The number of rotatable bonds is 5. The van der Waals surface area contributed by atoms with Gasteiger partial charge in [-0.3, -0.25) is 4.79 Å². The first-order valence-corrected chi connectivity index (χ1v) is 7.09. The maximum atomic E-state index is 13.6. The van der Waals surface area contributed by atoms with E-state index >= 15 is 0 Å². The van der Waals surface area contributed by atoms with Gasteiger partial charge in [0, 0.05) is 11.3 Å². The largest absolute Gasteiger partial charge is 0.324 e. The van der Waals surface area contributed by atoms with Crippen molar-refractivity contribution in [3.63, 3.8) is 0 Å². The van der Waals surface area contributed by atoms with Gasteiger partial charge in [-0.15, -0.1) is 11.3 Å². The molecule has 1 aromatic carbocycles. The SMILES string of the molecule is N#Cc1ccc(NC(=O)CCCc2cccs2)c(F)c1. The zero-order valence-corrected chi connectivity index (χ0v) is 11.5. The Kier molecular flexibility index (Phi) is 4.85. The highest BCUT2D eigenvalue weighted by molar-refractivity contribution is 7.09. The van der Waals surface area contributed by atoms with Crippen LogP contribution in [-0.4, -0.2) is 5.91 Å². The molecule has 2 aromatic rings. The van der Waals surface area contributed by atoms with Crippen molar-refractivity contribution in [2.45, 2.75) is 19.3 Å². The zero-order chi connectivity index (χ0) is 14.4. The van der Waals surface area contributed by atoms with Gasteiger partial charge in [0.2, 0.25) is 5.91 Å². The van der Waals surface area contributed by atoms with E-state index < -0.39 is 5.82 Å². The van der Waals surface area contributed by atoms with Crippen molar-refractivity contribution in [2.75, 3.05) is 5.32 Å². The molecule has 0 spiro atoms. The number of thiophene rings is 1. The molecule has 3 nitrogen and oxygen atoms in total. The fraction of sp³-hybridized carbons (Fsp3) is 0.200. The van der Waals surface area contributed by atoms with E-state index in [1.807, 2.05) is 23.6 Å². The third-order valence-electron chi connectivity index (χ3n) is 2.78. The average Bonchev–Trinajstić information content (AvgIpc) is 2.94. The molecule has 0 bridgehead atoms. The van der Waals surface area contributed by atoms with Crippen LogP contribution in [0.25, 0.3) is 0 Å². The van der Waals surface area contributed by atoms with Gasteiger partial charge in [-0.05, 0) is 42.5 Å². The second-order valence-corrected chi connectivity index (χ2v) is 5.32. The van der Waals surface area contributed by atoms with Crippen LogP contribution in [0, 0.1) is 17.1 Å². The Morgan fingerprint density at radius 3 is 2.90 bits per heavy atom. The minimum atomic E-state index is -0.587. The van der Waals surface area contributed by atoms with Crippen molar-refractivity contribution in [3.05, 3.63) is 52.0 Å². The lowest BCUT2D eigenvalue weighted by Gasteiger charge is -2.06. The number of halogens is 1. The second kappa shape index (κ2) is 6.83. The smallest absolute Gasteiger partial charge is 0.224 e. The first-order chi connectivity index (χ1) is 9.69. The van der Waals surface area contributed by atoms with Gasteiger partial charge in [0.15, 0.2) is 0 Å². The molecule has 0 aliphatic heterocycles. The Morgan fingerprint density at radius 1 is 1.40 bits per heavy atom. The Bertz CT molecular complexity index is 632. The van der Waals surface area contributed by atoms with E-state index in [0.717, 1.165) is 18.9 Å². The second-order valence-electron chi connectivity index (χ2n) is 4.29. The van der Waals surface area contributed by atoms with Gasteiger partial charge in [-0.25, -0.2) is 4.39 Å². The van der Waals surface area contributed by atoms with Crippen molar-refractivity contribution >= 4 is 22.9 Å². The first-order valence-electron chi connectivity index (χ1n) is 6.21. The Labute approximate surface area is 120 Å². The summed E-state index contributed by atoms with van der Waals surface area (Å²) in [5, 5.41) is 13.2. The monoisotopic (exact) mass is 288 g/mol. The lowest BCUT2D eigenvalue weighted by molar-refractivity contribution is -0.116. The number of aryl methyl sites for hydroxylation is 1. The number of carbonyl (C=O) groups is 1. The van der Waals surface area contributed by atoms with Crippen LogP contribution in [-0.2, 0) is 11.2 Å². The number of amides is 1. The molecule has 0 radical (unpaired) electrons. The summed E-state index contributed by atoms with van der Waals surface area (Å²) in [6.45, 7) is 0. The lowest BCUT2D eigenvalue weighted by atomic mass is 10.2. The number of anilines is 1. The van der Waals surface area contributed by atoms with Gasteiger partial charge in [0.25, 0.3) is 0 Å². The number of hydrogen-bond acceptors (Lipinski definition) is 3. The van der Waals surface area contributed by atoms with E-state index in [9.17, 15) is 9.18 Å². The number of nitriles is 1. The van der Waals surface area contributed by atoms with Crippen LogP contribution in [0.4, 0.5) is 10.1 Å². The molecule has 0 fully saturated rings. The van der Waals surface area contributed by atoms with E-state index in [1.165, 1.54) is 17.0 Å². The molecule has 1 N–H and O–H groups in total. The molecule has 5 heteroatoms. The fourth-order valence-electron chi connectivity index (χ4n) is 1.78. The Balaban J connectivity index is 1.84. The van der Waals surface area contributed by atoms with E-state index in [-0.39, 0.29) is 17.2 Å². The predicted molar refractivity (Wildman–Crippen MR) is 77.0 cm³/mol. The van der Waals surface area contributed by atoms with Gasteiger partial charge in [-0.2, -0.15) is 5.26 Å². The van der Waals surface area contributed by atoms with Crippen molar-refractivity contribution < 1.29 is 9.18 Å².